The number of hydrogen-bond donors (Lipinski definition) is 3. The second kappa shape index (κ2) is 9.65. The van der Waals surface area contributed by atoms with Crippen LogP contribution in [0.25, 0.3) is 0 Å². The van der Waals surface area contributed by atoms with Gasteiger partial charge in [0.1, 0.15) is 4.60 Å². The predicted molar refractivity (Wildman–Crippen MR) is 99.2 cm³/mol. The van der Waals surface area contributed by atoms with Crippen LogP contribution in [-0.2, 0) is 20.9 Å². The molecular weight excluding hydrogens is 406 g/mol. The van der Waals surface area contributed by atoms with Gasteiger partial charge in [0, 0.05) is 44.0 Å². The number of aliphatic carboxylic acids is 2. The smallest absolute Gasteiger partial charge is 0.328 e. The van der Waals surface area contributed by atoms with Crippen molar-refractivity contribution in [2.45, 2.75) is 19.1 Å². The van der Waals surface area contributed by atoms with Gasteiger partial charge in [-0.2, -0.15) is 0 Å². The van der Waals surface area contributed by atoms with Gasteiger partial charge in [-0.3, -0.25) is 0 Å². The van der Waals surface area contributed by atoms with E-state index in [1.807, 2.05) is 6.20 Å². The van der Waals surface area contributed by atoms with Gasteiger partial charge in [0.25, 0.3) is 0 Å². The van der Waals surface area contributed by atoms with E-state index in [-0.39, 0.29) is 0 Å². The number of nitrogens with zero attached hydrogens (tertiary/aromatic N) is 2. The molecule has 3 N–H and O–H groups in total. The Balaban J connectivity index is 0.000000260. The lowest BCUT2D eigenvalue weighted by molar-refractivity contribution is -0.134. The first-order valence-corrected chi connectivity index (χ1v) is 8.95. The fourth-order valence-corrected chi connectivity index (χ4v) is 3.44. The molecule has 0 aliphatic carbocycles. The van der Waals surface area contributed by atoms with E-state index in [1.54, 1.807) is 7.11 Å². The third-order valence-electron chi connectivity index (χ3n) is 4.29. The Labute approximate surface area is 160 Å². The van der Waals surface area contributed by atoms with Crippen molar-refractivity contribution in [3.05, 3.63) is 34.6 Å². The van der Waals surface area contributed by atoms with E-state index < -0.39 is 11.9 Å². The Kier molecular flexibility index (Phi) is 7.55. The minimum absolute atomic E-state index is 0.558. The molecule has 9 heteroatoms. The predicted octanol–water partition coefficient (Wildman–Crippen LogP) is 1.50. The molecule has 0 saturated carbocycles. The minimum Gasteiger partial charge on any atom is -0.478 e. The summed E-state index contributed by atoms with van der Waals surface area (Å²) in [4.78, 5) is 25.9. The van der Waals surface area contributed by atoms with Gasteiger partial charge in [0.15, 0.2) is 0 Å². The van der Waals surface area contributed by atoms with E-state index in [4.69, 9.17) is 14.9 Å². The zero-order valence-corrected chi connectivity index (χ0v) is 16.0. The van der Waals surface area contributed by atoms with Crippen LogP contribution in [0.3, 0.4) is 0 Å². The van der Waals surface area contributed by atoms with Gasteiger partial charge in [0.05, 0.1) is 18.5 Å². The molecule has 2 aliphatic heterocycles. The molecule has 0 aromatic carbocycles. The number of rotatable bonds is 5. The van der Waals surface area contributed by atoms with E-state index >= 15 is 0 Å². The quantitative estimate of drug-likeness (QED) is 0.478. The summed E-state index contributed by atoms with van der Waals surface area (Å²) in [5.41, 5.74) is 2.32. The number of aromatic nitrogens is 1. The number of hydrogen-bond acceptors (Lipinski definition) is 6. The highest BCUT2D eigenvalue weighted by molar-refractivity contribution is 9.10. The van der Waals surface area contributed by atoms with Crippen LogP contribution in [0.15, 0.2) is 29.0 Å². The average Bonchev–Trinajstić information content (AvgIpc) is 3.17. The second-order valence-corrected chi connectivity index (χ2v) is 6.85. The molecule has 2 aliphatic rings. The highest BCUT2D eigenvalue weighted by Gasteiger charge is 2.36. The summed E-state index contributed by atoms with van der Waals surface area (Å²) in [6, 6.07) is 2.85. The molecule has 3 rings (SSSR count). The maximum absolute atomic E-state index is 9.55. The molecule has 3 heterocycles. The standard InChI is InChI=1S/C13H18BrN3O.C4H4O4/c1-18-8-10-4-11(5-16-13(10)14)17-6-9-2-3-15-12(9)7-17;5-3(6)1-2-4(7)8/h4-5,9,12,15H,2-3,6-8H2,1H3;1-2H,(H,5,6)(H,7,8)/t9-,12+;/m1./s1. The lowest BCUT2D eigenvalue weighted by Gasteiger charge is -2.20. The molecule has 2 atom stereocenters. The highest BCUT2D eigenvalue weighted by atomic mass is 79.9. The number of carboxylic acid groups (broad SMARTS) is 2. The van der Waals surface area contributed by atoms with Crippen molar-refractivity contribution in [2.24, 2.45) is 5.92 Å². The summed E-state index contributed by atoms with van der Waals surface area (Å²) >= 11 is 3.47. The van der Waals surface area contributed by atoms with Crippen LogP contribution in [0, 0.1) is 5.92 Å². The van der Waals surface area contributed by atoms with Crippen molar-refractivity contribution in [3.63, 3.8) is 0 Å². The highest BCUT2D eigenvalue weighted by Crippen LogP contribution is 2.30. The van der Waals surface area contributed by atoms with Gasteiger partial charge < -0.3 is 25.2 Å². The van der Waals surface area contributed by atoms with Crippen molar-refractivity contribution in [2.75, 3.05) is 31.6 Å². The fraction of sp³-hybridized carbons (Fsp3) is 0.471. The molecular formula is C17H22BrN3O5. The number of carbonyl (C=O) groups is 2. The van der Waals surface area contributed by atoms with Crippen molar-refractivity contribution in [1.29, 1.82) is 0 Å². The third kappa shape index (κ3) is 5.79. The maximum atomic E-state index is 9.55. The Morgan fingerprint density at radius 3 is 2.65 bits per heavy atom. The molecule has 1 aromatic heterocycles. The SMILES string of the molecule is COCc1cc(N2C[C@H]3CCN[C@H]3C2)cnc1Br.O=C(O)C=CC(=O)O. The molecule has 0 radical (unpaired) electrons. The summed E-state index contributed by atoms with van der Waals surface area (Å²) in [6.07, 6.45) is 4.37. The molecule has 142 valence electrons. The molecule has 26 heavy (non-hydrogen) atoms. The van der Waals surface area contributed by atoms with E-state index in [2.05, 4.69) is 37.2 Å². The minimum atomic E-state index is -1.26. The van der Waals surface area contributed by atoms with E-state index in [9.17, 15) is 9.59 Å². The maximum Gasteiger partial charge on any atom is 0.328 e. The normalized spacial score (nSPS) is 21.4. The van der Waals surface area contributed by atoms with E-state index in [0.717, 1.165) is 29.2 Å². The van der Waals surface area contributed by atoms with Gasteiger partial charge in [-0.05, 0) is 40.9 Å². The van der Waals surface area contributed by atoms with Gasteiger partial charge >= 0.3 is 11.9 Å². The Morgan fingerprint density at radius 2 is 2.08 bits per heavy atom. The number of carboxylic acids is 2. The number of pyridine rings is 1. The Bertz CT molecular complexity index is 654. The first kappa shape index (κ1) is 20.3. The molecule has 0 spiro atoms. The van der Waals surface area contributed by atoms with Crippen LogP contribution >= 0.6 is 15.9 Å². The number of ether oxygens (including phenoxy) is 1. The second-order valence-electron chi connectivity index (χ2n) is 6.10. The summed E-state index contributed by atoms with van der Waals surface area (Å²) in [5.74, 6) is -1.71. The lowest BCUT2D eigenvalue weighted by atomic mass is 10.1. The fourth-order valence-electron chi connectivity index (χ4n) is 3.11. The first-order valence-electron chi connectivity index (χ1n) is 8.16. The topological polar surface area (TPSA) is 112 Å². The molecule has 1 aromatic rings. The molecule has 0 unspecified atom stereocenters. The van der Waals surface area contributed by atoms with Crippen LogP contribution in [0.1, 0.15) is 12.0 Å². The van der Waals surface area contributed by atoms with Gasteiger partial charge in [0.2, 0.25) is 0 Å². The van der Waals surface area contributed by atoms with Crippen molar-refractivity contribution >= 4 is 33.6 Å². The average molecular weight is 428 g/mol. The largest absolute Gasteiger partial charge is 0.478 e. The van der Waals surface area contributed by atoms with Crippen molar-refractivity contribution < 1.29 is 24.5 Å². The van der Waals surface area contributed by atoms with Crippen molar-refractivity contribution in [3.8, 4) is 0 Å². The zero-order valence-electron chi connectivity index (χ0n) is 14.4. The van der Waals surface area contributed by atoms with Crippen LogP contribution in [0.5, 0.6) is 0 Å². The number of methoxy groups -OCH3 is 1. The summed E-state index contributed by atoms with van der Waals surface area (Å²) in [6.45, 7) is 4.02. The molecule has 2 fully saturated rings. The van der Waals surface area contributed by atoms with E-state index in [0.29, 0.717) is 24.8 Å². The first-order chi connectivity index (χ1) is 12.4. The van der Waals surface area contributed by atoms with Crippen LogP contribution in [-0.4, -0.2) is 59.9 Å². The van der Waals surface area contributed by atoms with Crippen LogP contribution in [0.4, 0.5) is 5.69 Å². The number of fused-ring (bicyclic) bond motifs is 1. The molecule has 2 saturated heterocycles. The lowest BCUT2D eigenvalue weighted by Crippen LogP contribution is -2.30. The summed E-state index contributed by atoms with van der Waals surface area (Å²) in [7, 11) is 1.71. The zero-order chi connectivity index (χ0) is 19.1. The summed E-state index contributed by atoms with van der Waals surface area (Å²) < 4.78 is 6.08. The molecule has 0 amide bonds. The van der Waals surface area contributed by atoms with Gasteiger partial charge in [-0.25, -0.2) is 14.6 Å². The molecule has 0 bridgehead atoms. The number of halogens is 1. The van der Waals surface area contributed by atoms with Crippen LogP contribution in [0.2, 0.25) is 0 Å². The number of anilines is 1. The van der Waals surface area contributed by atoms with Crippen LogP contribution < -0.4 is 10.2 Å². The van der Waals surface area contributed by atoms with Crippen molar-refractivity contribution in [1.82, 2.24) is 10.3 Å². The third-order valence-corrected chi connectivity index (χ3v) is 5.01. The number of nitrogens with one attached hydrogen (secondary N) is 1. The Hall–Kier alpha value is -1.97. The summed E-state index contributed by atoms with van der Waals surface area (Å²) in [5, 5.41) is 19.2. The molecule has 8 nitrogen and oxygen atoms in total. The van der Waals surface area contributed by atoms with E-state index in [1.165, 1.54) is 18.7 Å². The van der Waals surface area contributed by atoms with Gasteiger partial charge in [-0.1, -0.05) is 0 Å². The monoisotopic (exact) mass is 427 g/mol. The Morgan fingerprint density at radius 1 is 1.38 bits per heavy atom. The van der Waals surface area contributed by atoms with Gasteiger partial charge in [-0.15, -0.1) is 0 Å².